The maximum absolute atomic E-state index is 12.0. The Morgan fingerprint density at radius 2 is 1.92 bits per heavy atom. The van der Waals surface area contributed by atoms with Gasteiger partial charge in [0.2, 0.25) is 5.91 Å². The first kappa shape index (κ1) is 19.6. The lowest BCUT2D eigenvalue weighted by atomic mass is 10.1. The summed E-state index contributed by atoms with van der Waals surface area (Å²) in [5.41, 5.74) is 1.92. The van der Waals surface area contributed by atoms with Crippen LogP contribution in [0.4, 0.5) is 4.79 Å². The number of ether oxygens (including phenoxy) is 1. The summed E-state index contributed by atoms with van der Waals surface area (Å²) in [5, 5.41) is 5.59. The minimum absolute atomic E-state index is 0.0600. The molecule has 0 aliphatic rings. The first-order valence-electron chi connectivity index (χ1n) is 8.76. The molecule has 2 amide bonds. The molecule has 0 aliphatic heterocycles. The summed E-state index contributed by atoms with van der Waals surface area (Å²) in [6, 6.07) is 11.3. The third kappa shape index (κ3) is 6.27. The molecule has 0 spiro atoms. The van der Waals surface area contributed by atoms with Gasteiger partial charge >= 0.3 is 6.09 Å². The van der Waals surface area contributed by atoms with E-state index < -0.39 is 6.09 Å². The van der Waals surface area contributed by atoms with Gasteiger partial charge in [-0.15, -0.1) is 0 Å². The molecule has 2 rings (SSSR count). The highest BCUT2D eigenvalue weighted by molar-refractivity contribution is 5.76. The third-order valence-corrected chi connectivity index (χ3v) is 3.99. The van der Waals surface area contributed by atoms with E-state index in [4.69, 9.17) is 9.15 Å². The Bertz CT molecular complexity index is 725. The van der Waals surface area contributed by atoms with E-state index in [1.807, 2.05) is 57.2 Å². The summed E-state index contributed by atoms with van der Waals surface area (Å²) in [6.07, 6.45) is 0.397. The van der Waals surface area contributed by atoms with E-state index in [9.17, 15) is 9.59 Å². The van der Waals surface area contributed by atoms with E-state index in [0.29, 0.717) is 19.4 Å². The van der Waals surface area contributed by atoms with E-state index in [2.05, 4.69) is 10.6 Å². The molecule has 2 aromatic rings. The predicted octanol–water partition coefficient (Wildman–Crippen LogP) is 3.78. The van der Waals surface area contributed by atoms with Gasteiger partial charge in [-0.05, 0) is 38.8 Å². The number of benzene rings is 1. The second kappa shape index (κ2) is 9.65. The van der Waals surface area contributed by atoms with Crippen LogP contribution in [0.1, 0.15) is 48.5 Å². The molecule has 1 atom stereocenters. The minimum Gasteiger partial charge on any atom is -0.466 e. The van der Waals surface area contributed by atoms with Crippen LogP contribution >= 0.6 is 0 Å². The summed E-state index contributed by atoms with van der Waals surface area (Å²) in [5.74, 6) is 1.59. The summed E-state index contributed by atoms with van der Waals surface area (Å²) < 4.78 is 10.6. The number of carbonyl (C=O) groups is 2. The van der Waals surface area contributed by atoms with Crippen LogP contribution in [0.3, 0.4) is 0 Å². The number of amides is 2. The van der Waals surface area contributed by atoms with E-state index >= 15 is 0 Å². The number of alkyl carbamates (subject to hydrolysis) is 1. The van der Waals surface area contributed by atoms with Crippen LogP contribution in [0.2, 0.25) is 0 Å². The SMILES string of the molecule is Cc1cc(C(C)NC(=O)CCCNC(=O)OCc2ccccc2)c(C)o1. The van der Waals surface area contributed by atoms with Gasteiger partial charge in [-0.25, -0.2) is 4.79 Å². The molecule has 1 unspecified atom stereocenters. The number of hydrogen-bond donors (Lipinski definition) is 2. The molecule has 0 radical (unpaired) electrons. The molecule has 0 saturated heterocycles. The predicted molar refractivity (Wildman–Crippen MR) is 98.6 cm³/mol. The molecule has 0 fully saturated rings. The van der Waals surface area contributed by atoms with Crippen LogP contribution < -0.4 is 10.6 Å². The van der Waals surface area contributed by atoms with Crippen molar-refractivity contribution in [3.8, 4) is 0 Å². The topological polar surface area (TPSA) is 80.6 Å². The van der Waals surface area contributed by atoms with Crippen molar-refractivity contribution >= 4 is 12.0 Å². The van der Waals surface area contributed by atoms with Crippen LogP contribution in [-0.2, 0) is 16.1 Å². The average molecular weight is 358 g/mol. The fourth-order valence-electron chi connectivity index (χ4n) is 2.69. The van der Waals surface area contributed by atoms with Crippen LogP contribution in [0.15, 0.2) is 40.8 Å². The molecule has 1 aromatic heterocycles. The van der Waals surface area contributed by atoms with Gasteiger partial charge in [0.25, 0.3) is 0 Å². The highest BCUT2D eigenvalue weighted by Gasteiger charge is 2.14. The van der Waals surface area contributed by atoms with E-state index in [0.717, 1.165) is 22.6 Å². The van der Waals surface area contributed by atoms with Crippen LogP contribution in [0, 0.1) is 13.8 Å². The molecule has 1 heterocycles. The van der Waals surface area contributed by atoms with E-state index in [1.165, 1.54) is 0 Å². The number of furan rings is 1. The van der Waals surface area contributed by atoms with Crippen LogP contribution in [-0.4, -0.2) is 18.5 Å². The van der Waals surface area contributed by atoms with Crippen LogP contribution in [0.25, 0.3) is 0 Å². The van der Waals surface area contributed by atoms with Crippen molar-refractivity contribution in [1.29, 1.82) is 0 Å². The fourth-order valence-corrected chi connectivity index (χ4v) is 2.69. The molecule has 140 valence electrons. The second-order valence-corrected chi connectivity index (χ2v) is 6.25. The molecule has 26 heavy (non-hydrogen) atoms. The maximum atomic E-state index is 12.0. The molecular formula is C20H26N2O4. The summed E-state index contributed by atoms with van der Waals surface area (Å²) in [4.78, 5) is 23.6. The Morgan fingerprint density at radius 3 is 2.58 bits per heavy atom. The van der Waals surface area contributed by atoms with Crippen molar-refractivity contribution in [1.82, 2.24) is 10.6 Å². The third-order valence-electron chi connectivity index (χ3n) is 3.99. The van der Waals surface area contributed by atoms with Crippen molar-refractivity contribution in [2.45, 2.75) is 46.3 Å². The van der Waals surface area contributed by atoms with E-state index in [-0.39, 0.29) is 18.6 Å². The molecule has 2 N–H and O–H groups in total. The van der Waals surface area contributed by atoms with Gasteiger partial charge in [0.1, 0.15) is 18.1 Å². The van der Waals surface area contributed by atoms with Crippen molar-refractivity contribution in [2.24, 2.45) is 0 Å². The first-order chi connectivity index (χ1) is 12.5. The summed E-state index contributed by atoms with van der Waals surface area (Å²) >= 11 is 0. The Kier molecular flexibility index (Phi) is 7.26. The number of hydrogen-bond acceptors (Lipinski definition) is 4. The zero-order valence-electron chi connectivity index (χ0n) is 15.5. The normalized spacial score (nSPS) is 11.7. The molecule has 1 aromatic carbocycles. The quantitative estimate of drug-likeness (QED) is 0.704. The van der Waals surface area contributed by atoms with Gasteiger partial charge in [-0.2, -0.15) is 0 Å². The Hall–Kier alpha value is -2.76. The Morgan fingerprint density at radius 1 is 1.19 bits per heavy atom. The zero-order valence-corrected chi connectivity index (χ0v) is 15.5. The smallest absolute Gasteiger partial charge is 0.407 e. The largest absolute Gasteiger partial charge is 0.466 e. The van der Waals surface area contributed by atoms with Crippen molar-refractivity contribution < 1.29 is 18.7 Å². The lowest BCUT2D eigenvalue weighted by Crippen LogP contribution is -2.29. The highest BCUT2D eigenvalue weighted by atomic mass is 16.5. The van der Waals surface area contributed by atoms with Gasteiger partial charge in [-0.3, -0.25) is 4.79 Å². The van der Waals surface area contributed by atoms with Gasteiger partial charge in [0.05, 0.1) is 6.04 Å². The molecule has 0 aliphatic carbocycles. The minimum atomic E-state index is -0.480. The molecule has 0 bridgehead atoms. The monoisotopic (exact) mass is 358 g/mol. The van der Waals surface area contributed by atoms with Crippen LogP contribution in [0.5, 0.6) is 0 Å². The van der Waals surface area contributed by atoms with Gasteiger partial charge in [0, 0.05) is 18.5 Å². The highest BCUT2D eigenvalue weighted by Crippen LogP contribution is 2.21. The van der Waals surface area contributed by atoms with E-state index in [1.54, 1.807) is 0 Å². The number of rotatable bonds is 8. The second-order valence-electron chi connectivity index (χ2n) is 6.25. The maximum Gasteiger partial charge on any atom is 0.407 e. The van der Waals surface area contributed by atoms with Gasteiger partial charge in [0.15, 0.2) is 0 Å². The lowest BCUT2D eigenvalue weighted by molar-refractivity contribution is -0.121. The molecular weight excluding hydrogens is 332 g/mol. The van der Waals surface area contributed by atoms with Crippen molar-refractivity contribution in [3.05, 3.63) is 59.0 Å². The Balaban J connectivity index is 1.60. The zero-order chi connectivity index (χ0) is 18.9. The standard InChI is InChI=1S/C20H26N2O4/c1-14-12-18(16(3)26-14)15(2)22-19(23)10-7-11-21-20(24)25-13-17-8-5-4-6-9-17/h4-6,8-9,12,15H,7,10-11,13H2,1-3H3,(H,21,24)(H,22,23). The Labute approximate surface area is 153 Å². The molecule has 6 nitrogen and oxygen atoms in total. The lowest BCUT2D eigenvalue weighted by Gasteiger charge is -2.13. The van der Waals surface area contributed by atoms with Crippen molar-refractivity contribution in [3.63, 3.8) is 0 Å². The first-order valence-corrected chi connectivity index (χ1v) is 8.76. The number of carbonyl (C=O) groups excluding carboxylic acids is 2. The van der Waals surface area contributed by atoms with Crippen molar-refractivity contribution in [2.75, 3.05) is 6.54 Å². The summed E-state index contributed by atoms with van der Waals surface area (Å²) in [7, 11) is 0. The molecule has 0 saturated carbocycles. The fraction of sp³-hybridized carbons (Fsp3) is 0.400. The van der Waals surface area contributed by atoms with Gasteiger partial charge < -0.3 is 19.8 Å². The molecule has 6 heteroatoms. The average Bonchev–Trinajstić information content (AvgIpc) is 2.96. The number of nitrogens with one attached hydrogen (secondary N) is 2. The summed E-state index contributed by atoms with van der Waals surface area (Å²) in [6.45, 7) is 6.31. The number of aryl methyl sites for hydroxylation is 2. The van der Waals surface area contributed by atoms with Gasteiger partial charge in [-0.1, -0.05) is 30.3 Å².